The third-order valence-electron chi connectivity index (χ3n) is 6.32. The number of carbonyl (C=O) groups excluding carboxylic acids is 1. The molecule has 3 aromatic rings. The van der Waals surface area contributed by atoms with Gasteiger partial charge in [-0.3, -0.25) is 10.2 Å². The third kappa shape index (κ3) is 6.53. The Bertz CT molecular complexity index is 1200. The largest absolute Gasteiger partial charge is 0.494 e. The van der Waals surface area contributed by atoms with Crippen molar-refractivity contribution in [1.29, 1.82) is 0 Å². The van der Waals surface area contributed by atoms with Crippen LogP contribution in [0.25, 0.3) is 0 Å². The third-order valence-corrected chi connectivity index (χ3v) is 6.32. The predicted molar refractivity (Wildman–Crippen MR) is 140 cm³/mol. The van der Waals surface area contributed by atoms with Crippen LogP contribution in [0.5, 0.6) is 5.75 Å². The number of nitrogens with one attached hydrogen (secondary N) is 2. The second kappa shape index (κ2) is 12.5. The van der Waals surface area contributed by atoms with E-state index in [1.165, 1.54) is 6.07 Å². The second-order valence-electron chi connectivity index (χ2n) is 8.94. The van der Waals surface area contributed by atoms with Crippen LogP contribution in [0.4, 0.5) is 4.39 Å². The van der Waals surface area contributed by atoms with Crippen LogP contribution in [-0.4, -0.2) is 48.3 Å². The highest BCUT2D eigenvalue weighted by atomic mass is 19.1. The summed E-state index contributed by atoms with van der Waals surface area (Å²) < 4.78 is 25.6. The lowest BCUT2D eigenvalue weighted by Crippen LogP contribution is -2.56. The number of hydrogen-bond acceptors (Lipinski definition) is 6. The number of ether oxygens (including phenoxy) is 2. The van der Waals surface area contributed by atoms with Gasteiger partial charge < -0.3 is 14.6 Å². The van der Waals surface area contributed by atoms with Gasteiger partial charge in [0.15, 0.2) is 5.54 Å². The fourth-order valence-corrected chi connectivity index (χ4v) is 4.20. The van der Waals surface area contributed by atoms with Crippen LogP contribution >= 0.6 is 0 Å². The molecular weight excluding hydrogens is 473 g/mol. The van der Waals surface area contributed by atoms with Gasteiger partial charge in [-0.2, -0.15) is 0 Å². The summed E-state index contributed by atoms with van der Waals surface area (Å²) in [4.78, 5) is 18.4. The van der Waals surface area contributed by atoms with Crippen LogP contribution < -0.4 is 15.6 Å². The van der Waals surface area contributed by atoms with Crippen molar-refractivity contribution in [1.82, 2.24) is 10.9 Å². The van der Waals surface area contributed by atoms with Crippen molar-refractivity contribution < 1.29 is 23.8 Å². The SMILES string of the molecule is C[C@@H]1OC(c2ccc(OCCCO)cc2)=N[C@]1(Cc1ccccc1)C(=O)NNCCc1ccccc1F. The van der Waals surface area contributed by atoms with Crippen molar-refractivity contribution in [2.45, 2.75) is 37.8 Å². The average Bonchev–Trinajstić information content (AvgIpc) is 3.25. The van der Waals surface area contributed by atoms with Gasteiger partial charge in [0.1, 0.15) is 17.7 Å². The van der Waals surface area contributed by atoms with Gasteiger partial charge in [-0.15, -0.1) is 0 Å². The predicted octanol–water partition coefficient (Wildman–Crippen LogP) is 3.60. The lowest BCUT2D eigenvalue weighted by Gasteiger charge is -2.28. The van der Waals surface area contributed by atoms with E-state index >= 15 is 0 Å². The van der Waals surface area contributed by atoms with Gasteiger partial charge in [-0.25, -0.2) is 14.8 Å². The molecule has 0 fully saturated rings. The number of rotatable bonds is 12. The molecule has 1 aliphatic heterocycles. The minimum absolute atomic E-state index is 0.0736. The molecule has 3 aromatic carbocycles. The minimum Gasteiger partial charge on any atom is -0.494 e. The Hall–Kier alpha value is -3.75. The Morgan fingerprint density at radius 3 is 2.54 bits per heavy atom. The molecule has 2 atom stereocenters. The number of hydrogen-bond donors (Lipinski definition) is 3. The van der Waals surface area contributed by atoms with Gasteiger partial charge >= 0.3 is 0 Å². The summed E-state index contributed by atoms with van der Waals surface area (Å²) >= 11 is 0. The Kier molecular flexibility index (Phi) is 8.87. The van der Waals surface area contributed by atoms with E-state index in [-0.39, 0.29) is 18.3 Å². The maximum absolute atomic E-state index is 13.9. The molecule has 0 radical (unpaired) electrons. The molecule has 3 N–H and O–H groups in total. The number of aliphatic imine (C=N–C) groups is 1. The van der Waals surface area contributed by atoms with Crippen molar-refractivity contribution in [3.05, 3.63) is 101 Å². The van der Waals surface area contributed by atoms with Gasteiger partial charge in [0.2, 0.25) is 5.90 Å². The van der Waals surface area contributed by atoms with Gasteiger partial charge in [-0.1, -0.05) is 48.5 Å². The fourth-order valence-electron chi connectivity index (χ4n) is 4.20. The molecular formula is C29H32FN3O4. The number of carbonyl (C=O) groups is 1. The molecule has 37 heavy (non-hydrogen) atoms. The topological polar surface area (TPSA) is 92.2 Å². The molecule has 0 unspecified atom stereocenters. The number of aliphatic hydroxyl groups excluding tert-OH is 1. The van der Waals surface area contributed by atoms with E-state index in [0.717, 1.165) is 11.1 Å². The summed E-state index contributed by atoms with van der Waals surface area (Å²) in [5, 5.41) is 8.92. The van der Waals surface area contributed by atoms with Crippen molar-refractivity contribution in [3.63, 3.8) is 0 Å². The van der Waals surface area contributed by atoms with Crippen molar-refractivity contribution in [2.75, 3.05) is 19.8 Å². The van der Waals surface area contributed by atoms with E-state index < -0.39 is 11.6 Å². The summed E-state index contributed by atoms with van der Waals surface area (Å²) in [6.45, 7) is 2.70. The van der Waals surface area contributed by atoms with Crippen LogP contribution in [0.2, 0.25) is 0 Å². The van der Waals surface area contributed by atoms with Gasteiger partial charge in [0.05, 0.1) is 6.61 Å². The first-order chi connectivity index (χ1) is 18.0. The maximum Gasteiger partial charge on any atom is 0.266 e. The molecule has 1 amide bonds. The Morgan fingerprint density at radius 2 is 1.81 bits per heavy atom. The van der Waals surface area contributed by atoms with E-state index in [1.807, 2.05) is 61.5 Å². The van der Waals surface area contributed by atoms with E-state index in [4.69, 9.17) is 19.6 Å². The van der Waals surface area contributed by atoms with Crippen molar-refractivity contribution >= 4 is 11.8 Å². The number of amides is 1. The zero-order chi connectivity index (χ0) is 26.1. The number of hydrazine groups is 1. The summed E-state index contributed by atoms with van der Waals surface area (Å²) in [5.41, 5.74) is 6.77. The normalized spacial score (nSPS) is 18.7. The molecule has 1 heterocycles. The molecule has 4 rings (SSSR count). The van der Waals surface area contributed by atoms with Crippen LogP contribution in [0.15, 0.2) is 83.9 Å². The molecule has 194 valence electrons. The molecule has 0 aromatic heterocycles. The smallest absolute Gasteiger partial charge is 0.266 e. The minimum atomic E-state index is -1.20. The lowest BCUT2D eigenvalue weighted by atomic mass is 9.86. The highest BCUT2D eigenvalue weighted by Gasteiger charge is 2.50. The fraction of sp³-hybridized carbons (Fsp3) is 0.310. The quantitative estimate of drug-likeness (QED) is 0.258. The number of benzene rings is 3. The first kappa shape index (κ1) is 26.3. The van der Waals surface area contributed by atoms with Crippen LogP contribution in [0.3, 0.4) is 0 Å². The highest BCUT2D eigenvalue weighted by Crippen LogP contribution is 2.32. The van der Waals surface area contributed by atoms with Crippen LogP contribution in [0, 0.1) is 5.82 Å². The standard InChI is InChI=1S/C29H32FN3O4/c1-21-29(20-22-8-3-2-4-9-22,28(35)33-31-17-16-23-10-5-6-11-26(23)30)32-27(37-21)24-12-14-25(15-13-24)36-19-7-18-34/h2-6,8-15,21,31,34H,7,16-20H2,1H3,(H,33,35)/t21-,29-/m0/s1. The van der Waals surface area contributed by atoms with E-state index in [0.29, 0.717) is 49.6 Å². The molecule has 7 nitrogen and oxygen atoms in total. The highest BCUT2D eigenvalue weighted by molar-refractivity contribution is 6.00. The summed E-state index contributed by atoms with van der Waals surface area (Å²) in [6.07, 6.45) is 0.797. The maximum atomic E-state index is 13.9. The summed E-state index contributed by atoms with van der Waals surface area (Å²) in [6, 6.07) is 23.6. The van der Waals surface area contributed by atoms with E-state index in [9.17, 15) is 9.18 Å². The molecule has 0 bridgehead atoms. The zero-order valence-electron chi connectivity index (χ0n) is 20.8. The monoisotopic (exact) mass is 505 g/mol. The van der Waals surface area contributed by atoms with Gasteiger partial charge in [0.25, 0.3) is 5.91 Å². The first-order valence-corrected chi connectivity index (χ1v) is 12.4. The molecule has 0 aliphatic carbocycles. The second-order valence-corrected chi connectivity index (χ2v) is 8.94. The summed E-state index contributed by atoms with van der Waals surface area (Å²) in [7, 11) is 0. The van der Waals surface area contributed by atoms with Crippen LogP contribution in [-0.2, 0) is 22.4 Å². The number of halogens is 1. The molecule has 0 spiro atoms. The lowest BCUT2D eigenvalue weighted by molar-refractivity contribution is -0.129. The molecule has 0 saturated carbocycles. The first-order valence-electron chi connectivity index (χ1n) is 12.4. The van der Waals surface area contributed by atoms with Crippen molar-refractivity contribution in [2.24, 2.45) is 4.99 Å². The average molecular weight is 506 g/mol. The summed E-state index contributed by atoms with van der Waals surface area (Å²) in [5.74, 6) is 0.465. The zero-order valence-corrected chi connectivity index (χ0v) is 20.8. The molecule has 1 aliphatic rings. The van der Waals surface area contributed by atoms with Gasteiger partial charge in [0, 0.05) is 31.6 Å². The number of nitrogens with zero attached hydrogens (tertiary/aromatic N) is 1. The van der Waals surface area contributed by atoms with Crippen molar-refractivity contribution in [3.8, 4) is 5.75 Å². The number of aliphatic hydroxyl groups is 1. The van der Waals surface area contributed by atoms with Gasteiger partial charge in [-0.05, 0) is 54.8 Å². The Balaban J connectivity index is 1.50. The van der Waals surface area contributed by atoms with E-state index in [2.05, 4.69) is 10.9 Å². The Morgan fingerprint density at radius 1 is 1.08 bits per heavy atom. The molecule has 8 heteroatoms. The van der Waals surface area contributed by atoms with Crippen LogP contribution in [0.1, 0.15) is 30.0 Å². The van der Waals surface area contributed by atoms with E-state index in [1.54, 1.807) is 18.2 Å². The molecule has 0 saturated heterocycles. The Labute approximate surface area is 216 Å².